The molecule has 0 aromatic heterocycles. The zero-order chi connectivity index (χ0) is 15.0. The van der Waals surface area contributed by atoms with Gasteiger partial charge >= 0.3 is 0 Å². The van der Waals surface area contributed by atoms with Crippen LogP contribution in [0.25, 0.3) is 0 Å². The van der Waals surface area contributed by atoms with Crippen molar-refractivity contribution < 1.29 is 9.47 Å². The Bertz CT molecular complexity index is 563. The van der Waals surface area contributed by atoms with Gasteiger partial charge in [-0.15, -0.1) is 0 Å². The lowest BCUT2D eigenvalue weighted by molar-refractivity contribution is -0.0685. The number of thiocarbonyl (C=S) groups is 1. The van der Waals surface area contributed by atoms with E-state index < -0.39 is 0 Å². The number of hydrogen-bond acceptors (Lipinski definition) is 3. The summed E-state index contributed by atoms with van der Waals surface area (Å²) < 4.78 is 11.6. The predicted molar refractivity (Wildman–Crippen MR) is 86.7 cm³/mol. The van der Waals surface area contributed by atoms with E-state index in [4.69, 9.17) is 21.7 Å². The molecule has 2 bridgehead atoms. The molecule has 1 aromatic carbocycles. The normalized spacial score (nSPS) is 26.7. The number of unbranched alkanes of at least 4 members (excludes halogenated alkanes) is 1. The molecule has 21 heavy (non-hydrogen) atoms. The van der Waals surface area contributed by atoms with Gasteiger partial charge in [-0.05, 0) is 37.7 Å². The molecule has 2 heterocycles. The maximum atomic E-state index is 6.33. The van der Waals surface area contributed by atoms with E-state index in [0.717, 1.165) is 48.0 Å². The third kappa shape index (κ3) is 2.44. The third-order valence-corrected chi connectivity index (χ3v) is 4.70. The lowest BCUT2D eigenvalue weighted by Gasteiger charge is -2.52. The summed E-state index contributed by atoms with van der Waals surface area (Å²) >= 11 is 5.55. The number of benzene rings is 1. The van der Waals surface area contributed by atoms with Crippen LogP contribution >= 0.6 is 12.2 Å². The lowest BCUT2D eigenvalue weighted by atomic mass is 9.90. The number of hydrogen-bond donors (Lipinski definition) is 1. The Labute approximate surface area is 131 Å². The average Bonchev–Trinajstić information content (AvgIpc) is 2.45. The van der Waals surface area contributed by atoms with E-state index in [9.17, 15) is 0 Å². The van der Waals surface area contributed by atoms with Crippen LogP contribution in [-0.4, -0.2) is 29.4 Å². The van der Waals surface area contributed by atoms with Crippen LogP contribution < -0.4 is 14.8 Å². The second-order valence-electron chi connectivity index (χ2n) is 5.89. The first-order chi connectivity index (χ1) is 10.1. The number of nitrogens with one attached hydrogen (secondary N) is 1. The van der Waals surface area contributed by atoms with E-state index in [1.54, 1.807) is 7.11 Å². The summed E-state index contributed by atoms with van der Waals surface area (Å²) in [5, 5.41) is 4.26. The van der Waals surface area contributed by atoms with Gasteiger partial charge in [0.1, 0.15) is 11.5 Å². The standard InChI is InChI=1S/C16H22N2O2S/c1-4-5-8-18-15(21)17-13-10-16(18,2)20-14-9-11(19-3)6-7-12(13)14/h6-7,9,13H,4-5,8,10H2,1-3H3,(H,17,21). The average molecular weight is 306 g/mol. The first-order valence-corrected chi connectivity index (χ1v) is 7.93. The summed E-state index contributed by atoms with van der Waals surface area (Å²) in [6, 6.07) is 6.22. The fourth-order valence-electron chi connectivity index (χ4n) is 3.18. The van der Waals surface area contributed by atoms with Crippen LogP contribution in [0, 0.1) is 0 Å². The highest BCUT2D eigenvalue weighted by Gasteiger charge is 2.47. The highest BCUT2D eigenvalue weighted by Crippen LogP contribution is 2.45. The largest absolute Gasteiger partial charge is 0.497 e. The van der Waals surface area contributed by atoms with E-state index >= 15 is 0 Å². The van der Waals surface area contributed by atoms with Crippen molar-refractivity contribution in [3.8, 4) is 11.5 Å². The molecule has 2 aliphatic heterocycles. The molecule has 2 aliphatic rings. The van der Waals surface area contributed by atoms with Gasteiger partial charge in [0.05, 0.1) is 13.2 Å². The molecule has 1 fully saturated rings. The molecule has 0 spiro atoms. The maximum absolute atomic E-state index is 6.33. The quantitative estimate of drug-likeness (QED) is 0.864. The van der Waals surface area contributed by atoms with Crippen LogP contribution in [0.5, 0.6) is 11.5 Å². The molecule has 1 N–H and O–H groups in total. The molecule has 1 saturated heterocycles. The van der Waals surface area contributed by atoms with Crippen molar-refractivity contribution in [2.24, 2.45) is 0 Å². The van der Waals surface area contributed by atoms with E-state index in [2.05, 4.69) is 30.1 Å². The molecule has 0 radical (unpaired) electrons. The summed E-state index contributed by atoms with van der Waals surface area (Å²) in [4.78, 5) is 2.19. The zero-order valence-corrected chi connectivity index (χ0v) is 13.6. The maximum Gasteiger partial charge on any atom is 0.184 e. The van der Waals surface area contributed by atoms with Crippen molar-refractivity contribution in [1.29, 1.82) is 0 Å². The van der Waals surface area contributed by atoms with Crippen molar-refractivity contribution in [3.63, 3.8) is 0 Å². The number of ether oxygens (including phenoxy) is 2. The summed E-state index contributed by atoms with van der Waals surface area (Å²) in [6.45, 7) is 5.24. The van der Waals surface area contributed by atoms with Crippen molar-refractivity contribution in [3.05, 3.63) is 23.8 Å². The third-order valence-electron chi connectivity index (χ3n) is 4.36. The molecular formula is C16H22N2O2S. The molecule has 4 nitrogen and oxygen atoms in total. The summed E-state index contributed by atoms with van der Waals surface area (Å²) in [7, 11) is 1.67. The minimum atomic E-state index is -0.373. The monoisotopic (exact) mass is 306 g/mol. The Morgan fingerprint density at radius 1 is 1.52 bits per heavy atom. The van der Waals surface area contributed by atoms with Crippen LogP contribution in [0.15, 0.2) is 18.2 Å². The van der Waals surface area contributed by atoms with E-state index in [0.29, 0.717) is 0 Å². The fraction of sp³-hybridized carbons (Fsp3) is 0.562. The van der Waals surface area contributed by atoms with Crippen LogP contribution in [0.2, 0.25) is 0 Å². The van der Waals surface area contributed by atoms with Gasteiger partial charge in [0.2, 0.25) is 0 Å². The zero-order valence-electron chi connectivity index (χ0n) is 12.8. The molecular weight excluding hydrogens is 284 g/mol. The van der Waals surface area contributed by atoms with Gasteiger partial charge in [-0.3, -0.25) is 0 Å². The van der Waals surface area contributed by atoms with Crippen LogP contribution in [-0.2, 0) is 0 Å². The molecule has 0 aliphatic carbocycles. The minimum Gasteiger partial charge on any atom is -0.497 e. The molecule has 0 amide bonds. The lowest BCUT2D eigenvalue weighted by Crippen LogP contribution is -2.64. The second-order valence-corrected chi connectivity index (χ2v) is 6.28. The topological polar surface area (TPSA) is 33.7 Å². The van der Waals surface area contributed by atoms with Crippen molar-refractivity contribution in [2.75, 3.05) is 13.7 Å². The Balaban J connectivity index is 1.95. The van der Waals surface area contributed by atoms with Gasteiger partial charge in [-0.2, -0.15) is 0 Å². The molecule has 114 valence electrons. The first-order valence-electron chi connectivity index (χ1n) is 7.52. The van der Waals surface area contributed by atoms with Crippen molar-refractivity contribution in [1.82, 2.24) is 10.2 Å². The highest BCUT2D eigenvalue weighted by atomic mass is 32.1. The van der Waals surface area contributed by atoms with Crippen LogP contribution in [0.3, 0.4) is 0 Å². The summed E-state index contributed by atoms with van der Waals surface area (Å²) in [6.07, 6.45) is 3.15. The fourth-order valence-corrected chi connectivity index (χ4v) is 3.60. The number of rotatable bonds is 4. The van der Waals surface area contributed by atoms with Gasteiger partial charge in [0.15, 0.2) is 10.8 Å². The Hall–Kier alpha value is -1.49. The van der Waals surface area contributed by atoms with Gasteiger partial charge in [-0.25, -0.2) is 0 Å². The summed E-state index contributed by atoms with van der Waals surface area (Å²) in [5.41, 5.74) is 0.785. The highest BCUT2D eigenvalue weighted by molar-refractivity contribution is 7.80. The van der Waals surface area contributed by atoms with E-state index in [-0.39, 0.29) is 11.8 Å². The van der Waals surface area contributed by atoms with Crippen LogP contribution in [0.4, 0.5) is 0 Å². The number of methoxy groups -OCH3 is 1. The van der Waals surface area contributed by atoms with Crippen molar-refractivity contribution in [2.45, 2.75) is 44.9 Å². The molecule has 3 rings (SSSR count). The number of nitrogens with zero attached hydrogens (tertiary/aromatic N) is 1. The smallest absolute Gasteiger partial charge is 0.184 e. The minimum absolute atomic E-state index is 0.218. The molecule has 2 atom stereocenters. The van der Waals surface area contributed by atoms with Gasteiger partial charge in [0.25, 0.3) is 0 Å². The molecule has 1 aromatic rings. The van der Waals surface area contributed by atoms with E-state index in [1.165, 1.54) is 0 Å². The van der Waals surface area contributed by atoms with Gasteiger partial charge in [-0.1, -0.05) is 13.3 Å². The first kappa shape index (κ1) is 14.4. The Morgan fingerprint density at radius 3 is 3.05 bits per heavy atom. The van der Waals surface area contributed by atoms with Gasteiger partial charge in [0, 0.05) is 24.6 Å². The second kappa shape index (κ2) is 5.37. The van der Waals surface area contributed by atoms with E-state index in [1.807, 2.05) is 12.1 Å². The Morgan fingerprint density at radius 2 is 2.33 bits per heavy atom. The number of fused-ring (bicyclic) bond motifs is 4. The molecule has 5 heteroatoms. The van der Waals surface area contributed by atoms with Crippen LogP contribution in [0.1, 0.15) is 44.7 Å². The predicted octanol–water partition coefficient (Wildman–Crippen LogP) is 3.23. The summed E-state index contributed by atoms with van der Waals surface area (Å²) in [5.74, 6) is 1.71. The molecule has 0 saturated carbocycles. The van der Waals surface area contributed by atoms with Crippen molar-refractivity contribution >= 4 is 17.3 Å². The van der Waals surface area contributed by atoms with Gasteiger partial charge < -0.3 is 19.7 Å². The SMILES string of the molecule is CCCCN1C(=S)NC2CC1(C)Oc1cc(OC)ccc12. The molecule has 2 unspecified atom stereocenters. The Kier molecular flexibility index (Phi) is 3.69.